The lowest BCUT2D eigenvalue weighted by atomic mass is 9.99. The number of carbonyl (C=O) groups excluding carboxylic acids is 1. The van der Waals surface area contributed by atoms with E-state index in [0.717, 1.165) is 39.8 Å². The number of rotatable bonds is 6. The van der Waals surface area contributed by atoms with Crippen LogP contribution < -0.4 is 5.32 Å². The Balaban J connectivity index is 1.89. The molecule has 0 aliphatic carbocycles. The summed E-state index contributed by atoms with van der Waals surface area (Å²) in [6, 6.07) is 14.1. The predicted octanol–water partition coefficient (Wildman–Crippen LogP) is 5.32. The summed E-state index contributed by atoms with van der Waals surface area (Å²) < 4.78 is 11.1. The molecule has 0 bridgehead atoms. The van der Waals surface area contributed by atoms with Crippen molar-refractivity contribution in [2.75, 3.05) is 18.7 Å². The van der Waals surface area contributed by atoms with Crippen molar-refractivity contribution in [3.63, 3.8) is 0 Å². The van der Waals surface area contributed by atoms with E-state index >= 15 is 0 Å². The normalized spacial score (nSPS) is 16.4. The highest BCUT2D eigenvalue weighted by Gasteiger charge is 2.23. The zero-order valence-electron chi connectivity index (χ0n) is 16.2. The predicted molar refractivity (Wildman–Crippen MR) is 110 cm³/mol. The minimum atomic E-state index is -0.139. The number of aromatic nitrogens is 1. The molecule has 0 radical (unpaired) electrons. The van der Waals surface area contributed by atoms with Gasteiger partial charge in [-0.2, -0.15) is 0 Å². The molecule has 2 heterocycles. The fourth-order valence-corrected chi connectivity index (χ4v) is 3.57. The van der Waals surface area contributed by atoms with Gasteiger partial charge in [0.2, 0.25) is 0 Å². The van der Waals surface area contributed by atoms with Crippen LogP contribution >= 0.6 is 0 Å². The van der Waals surface area contributed by atoms with Crippen LogP contribution in [0.3, 0.4) is 0 Å². The molecule has 1 aliphatic rings. The van der Waals surface area contributed by atoms with Crippen LogP contribution in [0.5, 0.6) is 0 Å². The van der Waals surface area contributed by atoms with Crippen molar-refractivity contribution in [1.29, 1.82) is 0 Å². The first kappa shape index (κ1) is 18.6. The monoisotopic (exact) mass is 376 g/mol. The van der Waals surface area contributed by atoms with Crippen LogP contribution in [0.15, 0.2) is 48.7 Å². The number of nitrogens with zero attached hydrogens (tertiary/aromatic N) is 1. The maximum absolute atomic E-state index is 12.8. The molecular formula is C23H24N2O3. The molecule has 1 saturated heterocycles. The summed E-state index contributed by atoms with van der Waals surface area (Å²) in [6.45, 7) is 4.87. The van der Waals surface area contributed by atoms with E-state index in [1.165, 1.54) is 0 Å². The lowest BCUT2D eigenvalue weighted by molar-refractivity contribution is 0.0469. The number of benzene rings is 2. The third-order valence-electron chi connectivity index (χ3n) is 5.08. The number of nitrogens with one attached hydrogen (secondary N) is 1. The first-order chi connectivity index (χ1) is 13.7. The summed E-state index contributed by atoms with van der Waals surface area (Å²) in [6.07, 6.45) is 2.85. The van der Waals surface area contributed by atoms with E-state index in [0.29, 0.717) is 25.4 Å². The molecule has 0 spiro atoms. The largest absolute Gasteiger partial charge is 0.354 e. The number of pyridine rings is 1. The second-order valence-electron chi connectivity index (χ2n) is 7.05. The molecule has 1 aromatic heterocycles. The minimum absolute atomic E-state index is 0.0961. The van der Waals surface area contributed by atoms with Crippen molar-refractivity contribution in [3.05, 3.63) is 65.4 Å². The van der Waals surface area contributed by atoms with E-state index in [9.17, 15) is 4.79 Å². The Labute approximate surface area is 164 Å². The highest BCUT2D eigenvalue weighted by molar-refractivity contribution is 6.09. The highest BCUT2D eigenvalue weighted by Crippen LogP contribution is 2.35. The molecule has 5 nitrogen and oxygen atoms in total. The van der Waals surface area contributed by atoms with Crippen LogP contribution in [0.2, 0.25) is 0 Å². The van der Waals surface area contributed by atoms with Gasteiger partial charge in [-0.1, -0.05) is 43.3 Å². The van der Waals surface area contributed by atoms with Crippen LogP contribution in [0.25, 0.3) is 10.9 Å². The molecule has 1 aliphatic heterocycles. The Morgan fingerprint density at radius 2 is 2.07 bits per heavy atom. The molecule has 3 aromatic rings. The van der Waals surface area contributed by atoms with Gasteiger partial charge in [-0.05, 0) is 25.0 Å². The smallest absolute Gasteiger partial charge is 0.166 e. The Kier molecular flexibility index (Phi) is 5.37. The molecule has 144 valence electrons. The number of anilines is 2. The summed E-state index contributed by atoms with van der Waals surface area (Å²) >= 11 is 0. The number of aryl methyl sites for hydroxylation is 1. The zero-order valence-corrected chi connectivity index (χ0v) is 16.2. The van der Waals surface area contributed by atoms with Crippen molar-refractivity contribution in [3.8, 4) is 0 Å². The number of ether oxygens (including phenoxy) is 2. The van der Waals surface area contributed by atoms with Crippen LogP contribution in [0.4, 0.5) is 11.4 Å². The van der Waals surface area contributed by atoms with Crippen LogP contribution in [-0.4, -0.2) is 24.2 Å². The second-order valence-corrected chi connectivity index (χ2v) is 7.05. The Bertz CT molecular complexity index is 1010. The molecular weight excluding hydrogens is 352 g/mol. The molecule has 0 saturated carbocycles. The standard InChI is InChI=1S/C23H24N2O3/c1-3-7-20(26)18-12-24-22-16(21-13-27-14-28-21)9-6-10-17(22)23(18)25-19-11-5-4-8-15(19)2/h4-6,8-12,21H,3,7,13-14H2,1-2H3,(H,24,25). The van der Waals surface area contributed by atoms with Gasteiger partial charge in [0.15, 0.2) is 5.78 Å². The van der Waals surface area contributed by atoms with Gasteiger partial charge < -0.3 is 14.8 Å². The molecule has 2 aromatic carbocycles. The Morgan fingerprint density at radius 3 is 2.82 bits per heavy atom. The summed E-state index contributed by atoms with van der Waals surface area (Å²) in [5, 5.41) is 4.42. The lowest BCUT2D eigenvalue weighted by Crippen LogP contribution is -2.08. The van der Waals surface area contributed by atoms with Gasteiger partial charge in [-0.3, -0.25) is 9.78 Å². The zero-order chi connectivity index (χ0) is 19.5. The summed E-state index contributed by atoms with van der Waals surface area (Å²) in [7, 11) is 0. The average Bonchev–Trinajstić information content (AvgIpc) is 3.24. The fraction of sp³-hybridized carbons (Fsp3) is 0.304. The third kappa shape index (κ3) is 3.51. The number of hydrogen-bond acceptors (Lipinski definition) is 5. The first-order valence-electron chi connectivity index (χ1n) is 9.66. The average molecular weight is 376 g/mol. The number of hydrogen-bond donors (Lipinski definition) is 1. The van der Waals surface area contributed by atoms with Gasteiger partial charge in [0.05, 0.1) is 23.4 Å². The molecule has 1 fully saturated rings. The number of fused-ring (bicyclic) bond motifs is 1. The van der Waals surface area contributed by atoms with E-state index in [-0.39, 0.29) is 11.9 Å². The number of Topliss-reactive ketones (excluding diaryl/α,β-unsaturated/α-hetero) is 1. The van der Waals surface area contributed by atoms with Gasteiger partial charge in [-0.25, -0.2) is 0 Å². The number of para-hydroxylation sites is 2. The van der Waals surface area contributed by atoms with E-state index in [1.807, 2.05) is 56.3 Å². The van der Waals surface area contributed by atoms with Gasteiger partial charge in [0.25, 0.3) is 0 Å². The van der Waals surface area contributed by atoms with E-state index < -0.39 is 0 Å². The Hall–Kier alpha value is -2.76. The van der Waals surface area contributed by atoms with Crippen molar-refractivity contribution in [2.24, 2.45) is 0 Å². The summed E-state index contributed by atoms with van der Waals surface area (Å²) in [5.74, 6) is 0.0961. The topological polar surface area (TPSA) is 60.5 Å². The third-order valence-corrected chi connectivity index (χ3v) is 5.08. The fourth-order valence-electron chi connectivity index (χ4n) is 3.57. The molecule has 1 N–H and O–H groups in total. The van der Waals surface area contributed by atoms with Gasteiger partial charge in [0, 0.05) is 29.3 Å². The van der Waals surface area contributed by atoms with Crippen LogP contribution in [0.1, 0.15) is 47.4 Å². The van der Waals surface area contributed by atoms with Crippen LogP contribution in [-0.2, 0) is 9.47 Å². The van der Waals surface area contributed by atoms with Crippen molar-refractivity contribution in [2.45, 2.75) is 32.8 Å². The van der Waals surface area contributed by atoms with Crippen LogP contribution in [0, 0.1) is 6.92 Å². The van der Waals surface area contributed by atoms with E-state index in [4.69, 9.17) is 9.47 Å². The van der Waals surface area contributed by atoms with E-state index in [1.54, 1.807) is 6.20 Å². The maximum atomic E-state index is 12.8. The second kappa shape index (κ2) is 8.09. The quantitative estimate of drug-likeness (QED) is 0.590. The van der Waals surface area contributed by atoms with Crippen molar-refractivity contribution >= 4 is 28.1 Å². The van der Waals surface area contributed by atoms with E-state index in [2.05, 4.69) is 10.3 Å². The Morgan fingerprint density at radius 1 is 1.21 bits per heavy atom. The molecule has 1 atom stereocenters. The first-order valence-corrected chi connectivity index (χ1v) is 9.66. The summed E-state index contributed by atoms with van der Waals surface area (Å²) in [5.41, 5.74) is 5.34. The molecule has 4 rings (SSSR count). The van der Waals surface area contributed by atoms with Gasteiger partial charge in [0.1, 0.15) is 12.9 Å². The number of ketones is 1. The van der Waals surface area contributed by atoms with Gasteiger partial charge >= 0.3 is 0 Å². The summed E-state index contributed by atoms with van der Waals surface area (Å²) in [4.78, 5) is 17.5. The highest BCUT2D eigenvalue weighted by atomic mass is 16.7. The number of carbonyl (C=O) groups is 1. The maximum Gasteiger partial charge on any atom is 0.166 e. The van der Waals surface area contributed by atoms with Crippen molar-refractivity contribution in [1.82, 2.24) is 4.98 Å². The minimum Gasteiger partial charge on any atom is -0.354 e. The molecule has 5 heteroatoms. The SMILES string of the molecule is CCCC(=O)c1cnc2c(C3COCO3)cccc2c1Nc1ccccc1C. The molecule has 28 heavy (non-hydrogen) atoms. The molecule has 1 unspecified atom stereocenters. The lowest BCUT2D eigenvalue weighted by Gasteiger charge is -2.18. The molecule has 0 amide bonds. The van der Waals surface area contributed by atoms with Gasteiger partial charge in [-0.15, -0.1) is 0 Å². The van der Waals surface area contributed by atoms with Crippen molar-refractivity contribution < 1.29 is 14.3 Å².